The number of phenols is 1. The summed E-state index contributed by atoms with van der Waals surface area (Å²) in [7, 11) is 1.25. The second-order valence-corrected chi connectivity index (χ2v) is 3.22. The van der Waals surface area contributed by atoms with Crippen molar-refractivity contribution in [3.05, 3.63) is 29.6 Å². The summed E-state index contributed by atoms with van der Waals surface area (Å²) in [5, 5.41) is 17.8. The highest BCUT2D eigenvalue weighted by Crippen LogP contribution is 2.19. The fraction of sp³-hybridized carbons (Fsp3) is 0.200. The molecule has 0 aliphatic heterocycles. The Kier molecular flexibility index (Phi) is 3.44. The second kappa shape index (κ2) is 4.61. The van der Waals surface area contributed by atoms with Crippen molar-refractivity contribution in [2.24, 2.45) is 0 Å². The third-order valence-corrected chi connectivity index (χ3v) is 1.91. The summed E-state index contributed by atoms with van der Waals surface area (Å²) >= 11 is 0. The number of amides is 1. The minimum Gasteiger partial charge on any atom is -0.507 e. The van der Waals surface area contributed by atoms with Gasteiger partial charge in [0.1, 0.15) is 18.1 Å². The first kappa shape index (κ1) is 12.0. The predicted molar refractivity (Wildman–Crippen MR) is 52.7 cm³/mol. The van der Waals surface area contributed by atoms with E-state index in [0.29, 0.717) is 0 Å². The van der Waals surface area contributed by atoms with Crippen LogP contribution in [-0.2, 0) is 4.79 Å². The molecule has 1 amide bonds. The van der Waals surface area contributed by atoms with Crippen molar-refractivity contribution in [3.8, 4) is 5.75 Å². The molecule has 0 fully saturated rings. The van der Waals surface area contributed by atoms with Gasteiger partial charge in [-0.3, -0.25) is 9.59 Å². The zero-order chi connectivity index (χ0) is 12.3. The van der Waals surface area contributed by atoms with Crippen LogP contribution in [0.15, 0.2) is 18.2 Å². The quantitative estimate of drug-likeness (QED) is 0.796. The second-order valence-electron chi connectivity index (χ2n) is 3.22. The van der Waals surface area contributed by atoms with Gasteiger partial charge in [0, 0.05) is 7.05 Å². The number of carboxylic acid groups (broad SMARTS) is 1. The minimum absolute atomic E-state index is 0.260. The molecule has 0 saturated heterocycles. The van der Waals surface area contributed by atoms with Crippen LogP contribution < -0.4 is 0 Å². The highest BCUT2D eigenvalue weighted by Gasteiger charge is 2.18. The van der Waals surface area contributed by atoms with Gasteiger partial charge < -0.3 is 15.1 Å². The van der Waals surface area contributed by atoms with Gasteiger partial charge in [-0.15, -0.1) is 0 Å². The fourth-order valence-corrected chi connectivity index (χ4v) is 1.16. The third-order valence-electron chi connectivity index (χ3n) is 1.91. The van der Waals surface area contributed by atoms with Gasteiger partial charge in [-0.25, -0.2) is 4.39 Å². The van der Waals surface area contributed by atoms with E-state index in [0.717, 1.165) is 23.1 Å². The average Bonchev–Trinajstić information content (AvgIpc) is 2.19. The number of halogens is 1. The van der Waals surface area contributed by atoms with E-state index >= 15 is 0 Å². The molecule has 0 atom stereocenters. The van der Waals surface area contributed by atoms with Crippen LogP contribution in [0.1, 0.15) is 10.4 Å². The average molecular weight is 227 g/mol. The van der Waals surface area contributed by atoms with Crippen LogP contribution in [0.3, 0.4) is 0 Å². The van der Waals surface area contributed by atoms with E-state index in [1.54, 1.807) is 0 Å². The van der Waals surface area contributed by atoms with Crippen LogP contribution in [0.4, 0.5) is 4.39 Å². The Morgan fingerprint density at radius 2 is 2.06 bits per heavy atom. The molecule has 0 saturated carbocycles. The fourth-order valence-electron chi connectivity index (χ4n) is 1.16. The topological polar surface area (TPSA) is 77.8 Å². The number of aromatic hydroxyl groups is 1. The molecule has 1 aromatic rings. The number of carbonyl (C=O) groups excluding carboxylic acids is 1. The van der Waals surface area contributed by atoms with E-state index < -0.39 is 24.2 Å². The molecule has 0 aromatic heterocycles. The number of carboxylic acids is 1. The molecule has 1 rings (SSSR count). The first-order valence-electron chi connectivity index (χ1n) is 4.37. The number of likely N-dealkylation sites (N-methyl/N-ethyl adjacent to an activating group) is 1. The smallest absolute Gasteiger partial charge is 0.323 e. The monoisotopic (exact) mass is 227 g/mol. The lowest BCUT2D eigenvalue weighted by molar-refractivity contribution is -0.137. The Labute approximate surface area is 90.7 Å². The molecule has 16 heavy (non-hydrogen) atoms. The van der Waals surface area contributed by atoms with Crippen LogP contribution in [0.25, 0.3) is 0 Å². The molecule has 0 aliphatic rings. The summed E-state index contributed by atoms with van der Waals surface area (Å²) in [6.45, 7) is -0.519. The van der Waals surface area contributed by atoms with E-state index in [9.17, 15) is 19.1 Å². The maximum absolute atomic E-state index is 12.8. The lowest BCUT2D eigenvalue weighted by atomic mass is 10.1. The van der Waals surface area contributed by atoms with Crippen LogP contribution in [0.5, 0.6) is 5.75 Å². The number of hydrogen-bond donors (Lipinski definition) is 2. The van der Waals surface area contributed by atoms with E-state index in [-0.39, 0.29) is 11.3 Å². The molecular weight excluding hydrogens is 217 g/mol. The zero-order valence-electron chi connectivity index (χ0n) is 8.48. The molecule has 0 bridgehead atoms. The number of phenolic OH excluding ortho intramolecular Hbond substituents is 1. The van der Waals surface area contributed by atoms with Crippen molar-refractivity contribution in [3.63, 3.8) is 0 Å². The van der Waals surface area contributed by atoms with E-state index in [1.807, 2.05) is 0 Å². The number of benzene rings is 1. The van der Waals surface area contributed by atoms with Crippen molar-refractivity contribution in [1.82, 2.24) is 4.90 Å². The first-order chi connectivity index (χ1) is 7.41. The van der Waals surface area contributed by atoms with Gasteiger partial charge >= 0.3 is 5.97 Å². The van der Waals surface area contributed by atoms with Gasteiger partial charge in [-0.1, -0.05) is 0 Å². The van der Waals surface area contributed by atoms with E-state index in [1.165, 1.54) is 7.05 Å². The molecule has 2 N–H and O–H groups in total. The number of nitrogens with zero attached hydrogens (tertiary/aromatic N) is 1. The number of aliphatic carboxylic acids is 1. The number of carbonyl (C=O) groups is 2. The van der Waals surface area contributed by atoms with Crippen LogP contribution in [0.2, 0.25) is 0 Å². The van der Waals surface area contributed by atoms with Gasteiger partial charge in [0.2, 0.25) is 0 Å². The van der Waals surface area contributed by atoms with Crippen molar-refractivity contribution in [1.29, 1.82) is 0 Å². The molecule has 0 radical (unpaired) electrons. The standard InChI is InChI=1S/C10H10FNO4/c1-12(5-9(14)15)10(16)7-4-6(11)2-3-8(7)13/h2-4,13H,5H2,1H3,(H,14,15). The maximum Gasteiger partial charge on any atom is 0.323 e. The summed E-state index contributed by atoms with van der Waals surface area (Å²) in [5.74, 6) is -3.00. The van der Waals surface area contributed by atoms with E-state index in [2.05, 4.69) is 0 Å². The summed E-state index contributed by atoms with van der Waals surface area (Å²) in [4.78, 5) is 22.8. The molecule has 86 valence electrons. The maximum atomic E-state index is 12.8. The summed E-state index contributed by atoms with van der Waals surface area (Å²) in [6, 6.07) is 2.90. The minimum atomic E-state index is -1.19. The predicted octanol–water partition coefficient (Wildman–Crippen LogP) is 0.688. The van der Waals surface area contributed by atoms with Crippen LogP contribution >= 0.6 is 0 Å². The lowest BCUT2D eigenvalue weighted by Crippen LogP contribution is -2.32. The molecule has 0 spiro atoms. The summed E-state index contributed by atoms with van der Waals surface area (Å²) in [5.41, 5.74) is -0.260. The Bertz CT molecular complexity index is 433. The van der Waals surface area contributed by atoms with Gasteiger partial charge in [0.05, 0.1) is 5.56 Å². The Hall–Kier alpha value is -2.11. The summed E-state index contributed by atoms with van der Waals surface area (Å²) in [6.07, 6.45) is 0. The summed E-state index contributed by atoms with van der Waals surface area (Å²) < 4.78 is 12.8. The molecule has 0 unspecified atom stereocenters. The van der Waals surface area contributed by atoms with Gasteiger partial charge in [0.15, 0.2) is 0 Å². The normalized spacial score (nSPS) is 9.88. The Balaban J connectivity index is 2.95. The molecule has 6 heteroatoms. The third kappa shape index (κ3) is 2.69. The Morgan fingerprint density at radius 3 is 2.62 bits per heavy atom. The molecule has 0 heterocycles. The van der Waals surface area contributed by atoms with Crippen molar-refractivity contribution >= 4 is 11.9 Å². The molecule has 5 nitrogen and oxygen atoms in total. The zero-order valence-corrected chi connectivity index (χ0v) is 8.48. The SMILES string of the molecule is CN(CC(=O)O)C(=O)c1cc(F)ccc1O. The van der Waals surface area contributed by atoms with Gasteiger partial charge in [-0.2, -0.15) is 0 Å². The highest BCUT2D eigenvalue weighted by atomic mass is 19.1. The van der Waals surface area contributed by atoms with Crippen molar-refractivity contribution < 1.29 is 24.2 Å². The number of hydrogen-bond acceptors (Lipinski definition) is 3. The van der Waals surface area contributed by atoms with Gasteiger partial charge in [0.25, 0.3) is 5.91 Å². The number of rotatable bonds is 3. The van der Waals surface area contributed by atoms with Crippen molar-refractivity contribution in [2.75, 3.05) is 13.6 Å². The molecule has 0 aliphatic carbocycles. The Morgan fingerprint density at radius 1 is 1.44 bits per heavy atom. The lowest BCUT2D eigenvalue weighted by Gasteiger charge is -2.15. The molecular formula is C10H10FNO4. The first-order valence-corrected chi connectivity index (χ1v) is 4.37. The van der Waals surface area contributed by atoms with E-state index in [4.69, 9.17) is 5.11 Å². The van der Waals surface area contributed by atoms with Gasteiger partial charge in [-0.05, 0) is 18.2 Å². The van der Waals surface area contributed by atoms with Crippen LogP contribution in [-0.4, -0.2) is 40.6 Å². The largest absolute Gasteiger partial charge is 0.507 e. The van der Waals surface area contributed by atoms with Crippen molar-refractivity contribution in [2.45, 2.75) is 0 Å². The highest BCUT2D eigenvalue weighted by molar-refractivity contribution is 5.98. The van der Waals surface area contributed by atoms with Crippen LogP contribution in [0, 0.1) is 5.82 Å². The molecule has 1 aromatic carbocycles.